The lowest BCUT2D eigenvalue weighted by Crippen LogP contribution is -2.29. The molecule has 16 heavy (non-hydrogen) atoms. The van der Waals surface area contributed by atoms with Crippen molar-refractivity contribution >= 4 is 17.6 Å². The van der Waals surface area contributed by atoms with E-state index in [1.54, 1.807) is 14.1 Å². The molecule has 6 nitrogen and oxygen atoms in total. The van der Waals surface area contributed by atoms with Gasteiger partial charge in [-0.1, -0.05) is 0 Å². The highest BCUT2D eigenvalue weighted by Gasteiger charge is 2.11. The molecule has 0 saturated heterocycles. The van der Waals surface area contributed by atoms with Crippen molar-refractivity contribution in [3.63, 3.8) is 0 Å². The molecule has 0 bridgehead atoms. The number of hydrogen-bond acceptors (Lipinski definition) is 4. The molecule has 0 radical (unpaired) electrons. The van der Waals surface area contributed by atoms with Crippen LogP contribution in [-0.2, 0) is 4.79 Å². The molecule has 0 saturated carbocycles. The van der Waals surface area contributed by atoms with Crippen LogP contribution < -0.4 is 5.32 Å². The Kier molecular flexibility index (Phi) is 3.82. The minimum absolute atomic E-state index is 0.0501. The first kappa shape index (κ1) is 12.0. The number of likely N-dealkylation sites (N-methyl/N-ethyl adjacent to an activating group) is 1. The molecule has 86 valence electrons. The van der Waals surface area contributed by atoms with Gasteiger partial charge in [-0.25, -0.2) is 4.79 Å². The van der Waals surface area contributed by atoms with Gasteiger partial charge in [0.15, 0.2) is 0 Å². The summed E-state index contributed by atoms with van der Waals surface area (Å²) in [6, 6.07) is 1.52. The number of amides is 1. The number of nitrogens with zero attached hydrogens (tertiary/aromatic N) is 2. The Morgan fingerprint density at radius 1 is 1.50 bits per heavy atom. The van der Waals surface area contributed by atoms with Crippen LogP contribution in [0.5, 0.6) is 0 Å². The van der Waals surface area contributed by atoms with Crippen molar-refractivity contribution < 1.29 is 14.7 Å². The van der Waals surface area contributed by atoms with E-state index >= 15 is 0 Å². The van der Waals surface area contributed by atoms with E-state index in [2.05, 4.69) is 10.3 Å². The number of rotatable bonds is 4. The van der Waals surface area contributed by atoms with Crippen LogP contribution in [0, 0.1) is 0 Å². The van der Waals surface area contributed by atoms with Crippen LogP contribution in [0.15, 0.2) is 18.5 Å². The molecule has 6 heteroatoms. The summed E-state index contributed by atoms with van der Waals surface area (Å²) in [7, 11) is 3.27. The highest BCUT2D eigenvalue weighted by Crippen LogP contribution is 2.12. The van der Waals surface area contributed by atoms with Gasteiger partial charge in [0, 0.05) is 26.5 Å². The summed E-state index contributed by atoms with van der Waals surface area (Å²) in [6.45, 7) is 0.0529. The fourth-order valence-electron chi connectivity index (χ4n) is 1.05. The molecular formula is C10H13N3O3. The van der Waals surface area contributed by atoms with Gasteiger partial charge in [-0.2, -0.15) is 0 Å². The van der Waals surface area contributed by atoms with E-state index in [9.17, 15) is 9.59 Å². The molecule has 0 unspecified atom stereocenters. The van der Waals surface area contributed by atoms with Gasteiger partial charge in [0.25, 0.3) is 0 Å². The highest BCUT2D eigenvalue weighted by atomic mass is 16.4. The molecule has 1 amide bonds. The maximum Gasteiger partial charge on any atom is 0.339 e. The van der Waals surface area contributed by atoms with Crippen LogP contribution in [0.4, 0.5) is 5.69 Å². The molecular weight excluding hydrogens is 210 g/mol. The summed E-state index contributed by atoms with van der Waals surface area (Å²) in [5.41, 5.74) is 0.437. The van der Waals surface area contributed by atoms with Crippen LogP contribution in [0.3, 0.4) is 0 Å². The van der Waals surface area contributed by atoms with Gasteiger partial charge in [0.1, 0.15) is 5.56 Å². The molecule has 1 aromatic rings. The molecule has 0 aromatic carbocycles. The summed E-state index contributed by atoms with van der Waals surface area (Å²) >= 11 is 0. The standard InChI is InChI=1S/C10H13N3O3/c1-13(2)9(14)6-12-8-3-4-11-5-7(8)10(15)16/h3-5H,6H2,1-2H3,(H,11,12)(H,15,16). The Morgan fingerprint density at radius 3 is 2.75 bits per heavy atom. The minimum Gasteiger partial charge on any atom is -0.478 e. The third-order valence-corrected chi connectivity index (χ3v) is 1.98. The third kappa shape index (κ3) is 2.94. The zero-order valence-corrected chi connectivity index (χ0v) is 9.10. The molecule has 1 aromatic heterocycles. The largest absolute Gasteiger partial charge is 0.478 e. The number of carbonyl (C=O) groups is 2. The van der Waals surface area contributed by atoms with Gasteiger partial charge in [-0.05, 0) is 6.07 Å². The molecule has 2 N–H and O–H groups in total. The summed E-state index contributed by atoms with van der Waals surface area (Å²) in [5.74, 6) is -1.21. The maximum absolute atomic E-state index is 11.3. The molecule has 0 aliphatic heterocycles. The highest BCUT2D eigenvalue weighted by molar-refractivity contribution is 5.94. The van der Waals surface area contributed by atoms with Gasteiger partial charge < -0.3 is 15.3 Å². The number of aromatic nitrogens is 1. The Hall–Kier alpha value is -2.11. The van der Waals surface area contributed by atoms with E-state index in [4.69, 9.17) is 5.11 Å². The number of hydrogen-bond donors (Lipinski definition) is 2. The molecule has 1 rings (SSSR count). The Labute approximate surface area is 92.9 Å². The molecule has 0 aliphatic carbocycles. The van der Waals surface area contributed by atoms with Gasteiger partial charge in [-0.15, -0.1) is 0 Å². The molecule has 0 fully saturated rings. The number of aromatic carboxylic acids is 1. The fourth-order valence-corrected chi connectivity index (χ4v) is 1.05. The number of carbonyl (C=O) groups excluding carboxylic acids is 1. The van der Waals surface area contributed by atoms with Crippen molar-refractivity contribution in [2.75, 3.05) is 26.0 Å². The summed E-state index contributed by atoms with van der Waals surface area (Å²) in [4.78, 5) is 27.3. The topological polar surface area (TPSA) is 82.5 Å². The van der Waals surface area contributed by atoms with Crippen molar-refractivity contribution in [2.24, 2.45) is 0 Å². The predicted molar refractivity (Wildman–Crippen MR) is 58.4 cm³/mol. The van der Waals surface area contributed by atoms with E-state index in [1.807, 2.05) is 0 Å². The molecule has 0 aliphatic rings. The quantitative estimate of drug-likeness (QED) is 0.766. The number of pyridine rings is 1. The number of nitrogens with one attached hydrogen (secondary N) is 1. The van der Waals surface area contributed by atoms with Crippen molar-refractivity contribution in [1.29, 1.82) is 0 Å². The smallest absolute Gasteiger partial charge is 0.339 e. The summed E-state index contributed by atoms with van der Waals surface area (Å²) in [5, 5.41) is 11.6. The molecule has 0 spiro atoms. The van der Waals surface area contributed by atoms with Gasteiger partial charge in [0.2, 0.25) is 5.91 Å². The Bertz CT molecular complexity index is 404. The first-order valence-corrected chi connectivity index (χ1v) is 4.63. The van der Waals surface area contributed by atoms with E-state index < -0.39 is 5.97 Å². The predicted octanol–water partition coefficient (Wildman–Crippen LogP) is 0.280. The monoisotopic (exact) mass is 223 g/mol. The summed E-state index contributed by atoms with van der Waals surface area (Å²) in [6.07, 6.45) is 2.71. The maximum atomic E-state index is 11.3. The second-order valence-electron chi connectivity index (χ2n) is 3.37. The number of carboxylic acid groups (broad SMARTS) is 1. The van der Waals surface area contributed by atoms with E-state index in [1.165, 1.54) is 23.4 Å². The third-order valence-electron chi connectivity index (χ3n) is 1.98. The lowest BCUT2D eigenvalue weighted by atomic mass is 10.2. The van der Waals surface area contributed by atoms with Crippen molar-refractivity contribution in [3.8, 4) is 0 Å². The average Bonchev–Trinajstić information content (AvgIpc) is 2.25. The molecule has 1 heterocycles. The fraction of sp³-hybridized carbons (Fsp3) is 0.300. The van der Waals surface area contributed by atoms with Crippen LogP contribution in [0.25, 0.3) is 0 Å². The Morgan fingerprint density at radius 2 is 2.19 bits per heavy atom. The minimum atomic E-state index is -1.08. The van der Waals surface area contributed by atoms with Gasteiger partial charge in [-0.3, -0.25) is 9.78 Å². The normalized spacial score (nSPS) is 9.62. The zero-order valence-electron chi connectivity index (χ0n) is 9.10. The van der Waals surface area contributed by atoms with Crippen LogP contribution in [0.2, 0.25) is 0 Å². The van der Waals surface area contributed by atoms with Crippen molar-refractivity contribution in [3.05, 3.63) is 24.0 Å². The average molecular weight is 223 g/mol. The second-order valence-corrected chi connectivity index (χ2v) is 3.37. The van der Waals surface area contributed by atoms with Gasteiger partial charge >= 0.3 is 5.97 Å². The lowest BCUT2D eigenvalue weighted by molar-refractivity contribution is -0.126. The first-order chi connectivity index (χ1) is 7.52. The van der Waals surface area contributed by atoms with Crippen molar-refractivity contribution in [2.45, 2.75) is 0 Å². The molecule has 0 atom stereocenters. The van der Waals surface area contributed by atoms with Crippen LogP contribution in [0.1, 0.15) is 10.4 Å². The zero-order chi connectivity index (χ0) is 12.1. The number of carboxylic acids is 1. The lowest BCUT2D eigenvalue weighted by Gasteiger charge is -2.12. The first-order valence-electron chi connectivity index (χ1n) is 4.63. The van der Waals surface area contributed by atoms with Crippen LogP contribution in [-0.4, -0.2) is 47.5 Å². The Balaban J connectivity index is 2.74. The van der Waals surface area contributed by atoms with Crippen molar-refractivity contribution in [1.82, 2.24) is 9.88 Å². The van der Waals surface area contributed by atoms with E-state index in [-0.39, 0.29) is 18.0 Å². The van der Waals surface area contributed by atoms with Gasteiger partial charge in [0.05, 0.1) is 12.2 Å². The number of anilines is 1. The summed E-state index contributed by atoms with van der Waals surface area (Å²) < 4.78 is 0. The second kappa shape index (κ2) is 5.11. The SMILES string of the molecule is CN(C)C(=O)CNc1ccncc1C(=O)O. The van der Waals surface area contributed by atoms with E-state index in [0.717, 1.165) is 0 Å². The van der Waals surface area contributed by atoms with E-state index in [0.29, 0.717) is 5.69 Å². The van der Waals surface area contributed by atoms with Crippen LogP contribution >= 0.6 is 0 Å².